The van der Waals surface area contributed by atoms with Crippen molar-refractivity contribution in [3.63, 3.8) is 0 Å². The van der Waals surface area contributed by atoms with Crippen LogP contribution in [-0.2, 0) is 11.2 Å². The van der Waals surface area contributed by atoms with Crippen LogP contribution in [-0.4, -0.2) is 22.0 Å². The molecule has 2 aromatic rings. The van der Waals surface area contributed by atoms with Gasteiger partial charge in [0.1, 0.15) is 5.01 Å². The topological polar surface area (TPSA) is 84.0 Å². The van der Waals surface area contributed by atoms with Crippen molar-refractivity contribution in [1.82, 2.24) is 10.2 Å². The molecule has 2 rings (SSSR count). The Kier molecular flexibility index (Phi) is 7.07. The lowest BCUT2D eigenvalue weighted by Crippen LogP contribution is -2.21. The first-order chi connectivity index (χ1) is 12.7. The van der Waals surface area contributed by atoms with E-state index in [4.69, 9.17) is 0 Å². The average Bonchev–Trinajstić information content (AvgIpc) is 3.01. The van der Waals surface area contributed by atoms with E-state index < -0.39 is 0 Å². The molecule has 0 spiro atoms. The smallest absolute Gasteiger partial charge is 0.257 e. The highest BCUT2D eigenvalue weighted by molar-refractivity contribution is 7.15. The van der Waals surface area contributed by atoms with E-state index in [-0.39, 0.29) is 23.1 Å². The fourth-order valence-corrected chi connectivity index (χ4v) is 3.64. The SMILES string of the molecule is CCC(CC)C(=O)Nc1ccc(C(=O)Nc2nnc(CC(C)(C)C)s2)cc1. The van der Waals surface area contributed by atoms with Crippen molar-refractivity contribution in [2.75, 3.05) is 10.6 Å². The third-order valence-electron chi connectivity index (χ3n) is 4.14. The number of carbonyl (C=O) groups excluding carboxylic acids is 2. The second-order valence-electron chi connectivity index (χ2n) is 7.77. The lowest BCUT2D eigenvalue weighted by molar-refractivity contribution is -0.120. The number of nitrogens with zero attached hydrogens (tertiary/aromatic N) is 2. The van der Waals surface area contributed by atoms with Crippen LogP contribution in [0.4, 0.5) is 10.8 Å². The van der Waals surface area contributed by atoms with Crippen LogP contribution < -0.4 is 10.6 Å². The molecule has 0 unspecified atom stereocenters. The molecule has 0 aliphatic rings. The van der Waals surface area contributed by atoms with Crippen LogP contribution in [0, 0.1) is 11.3 Å². The third kappa shape index (κ3) is 6.43. The number of benzene rings is 1. The van der Waals surface area contributed by atoms with Gasteiger partial charge in [0.05, 0.1) is 0 Å². The fraction of sp³-hybridized carbons (Fsp3) is 0.500. The van der Waals surface area contributed by atoms with Gasteiger partial charge in [-0.2, -0.15) is 0 Å². The van der Waals surface area contributed by atoms with Crippen LogP contribution in [0.5, 0.6) is 0 Å². The molecule has 7 heteroatoms. The summed E-state index contributed by atoms with van der Waals surface area (Å²) in [6.07, 6.45) is 2.43. The van der Waals surface area contributed by atoms with Gasteiger partial charge in [-0.15, -0.1) is 10.2 Å². The Morgan fingerprint density at radius 3 is 2.22 bits per heavy atom. The Morgan fingerprint density at radius 1 is 1.04 bits per heavy atom. The van der Waals surface area contributed by atoms with Gasteiger partial charge in [0.25, 0.3) is 5.91 Å². The Hall–Kier alpha value is -2.28. The molecule has 0 aliphatic heterocycles. The highest BCUT2D eigenvalue weighted by Gasteiger charge is 2.17. The molecule has 0 fully saturated rings. The molecule has 0 aliphatic carbocycles. The Balaban J connectivity index is 1.96. The van der Waals surface area contributed by atoms with Crippen molar-refractivity contribution in [3.05, 3.63) is 34.8 Å². The van der Waals surface area contributed by atoms with Crippen LogP contribution in [0.2, 0.25) is 0 Å². The maximum Gasteiger partial charge on any atom is 0.257 e. The summed E-state index contributed by atoms with van der Waals surface area (Å²) in [5.74, 6) is -0.226. The largest absolute Gasteiger partial charge is 0.326 e. The Morgan fingerprint density at radius 2 is 1.67 bits per heavy atom. The number of hydrogen-bond acceptors (Lipinski definition) is 5. The van der Waals surface area contributed by atoms with E-state index in [1.165, 1.54) is 11.3 Å². The normalized spacial score (nSPS) is 11.5. The molecule has 0 saturated heterocycles. The van der Waals surface area contributed by atoms with Crippen LogP contribution in [0.1, 0.15) is 62.8 Å². The van der Waals surface area contributed by atoms with Crippen molar-refractivity contribution in [3.8, 4) is 0 Å². The van der Waals surface area contributed by atoms with E-state index >= 15 is 0 Å². The van der Waals surface area contributed by atoms with Gasteiger partial charge in [-0.25, -0.2) is 0 Å². The predicted molar refractivity (Wildman–Crippen MR) is 110 cm³/mol. The molecule has 1 aromatic heterocycles. The lowest BCUT2D eigenvalue weighted by atomic mass is 9.93. The minimum Gasteiger partial charge on any atom is -0.326 e. The molecular formula is C20H28N4O2S. The molecule has 0 radical (unpaired) electrons. The third-order valence-corrected chi connectivity index (χ3v) is 4.98. The monoisotopic (exact) mass is 388 g/mol. The van der Waals surface area contributed by atoms with Crippen LogP contribution >= 0.6 is 11.3 Å². The second-order valence-corrected chi connectivity index (χ2v) is 8.83. The number of anilines is 2. The molecule has 146 valence electrons. The molecular weight excluding hydrogens is 360 g/mol. The number of aromatic nitrogens is 2. The van der Waals surface area contributed by atoms with Gasteiger partial charge in [0, 0.05) is 23.6 Å². The van der Waals surface area contributed by atoms with Gasteiger partial charge >= 0.3 is 0 Å². The average molecular weight is 389 g/mol. The van der Waals surface area contributed by atoms with E-state index in [1.807, 2.05) is 13.8 Å². The van der Waals surface area contributed by atoms with Crippen LogP contribution in [0.15, 0.2) is 24.3 Å². The van der Waals surface area contributed by atoms with Crippen molar-refractivity contribution in [2.24, 2.45) is 11.3 Å². The molecule has 0 bridgehead atoms. The van der Waals surface area contributed by atoms with Crippen molar-refractivity contribution in [1.29, 1.82) is 0 Å². The number of carbonyl (C=O) groups is 2. The van der Waals surface area contributed by atoms with Crippen molar-refractivity contribution < 1.29 is 9.59 Å². The first kappa shape index (κ1) is 21.0. The van der Waals surface area contributed by atoms with E-state index in [0.29, 0.717) is 16.4 Å². The summed E-state index contributed by atoms with van der Waals surface area (Å²) < 4.78 is 0. The molecule has 2 N–H and O–H groups in total. The highest BCUT2D eigenvalue weighted by Crippen LogP contribution is 2.25. The first-order valence-corrected chi connectivity index (χ1v) is 10.1. The Bertz CT molecular complexity index is 774. The van der Waals surface area contributed by atoms with Crippen LogP contribution in [0.25, 0.3) is 0 Å². The number of amides is 2. The summed E-state index contributed by atoms with van der Waals surface area (Å²) in [4.78, 5) is 24.5. The van der Waals surface area contributed by atoms with Gasteiger partial charge in [0.2, 0.25) is 11.0 Å². The summed E-state index contributed by atoms with van der Waals surface area (Å²) in [5, 5.41) is 15.2. The maximum atomic E-state index is 12.4. The van der Waals surface area contributed by atoms with Gasteiger partial charge in [-0.3, -0.25) is 14.9 Å². The summed E-state index contributed by atoms with van der Waals surface area (Å²) in [5.41, 5.74) is 1.31. The zero-order valence-corrected chi connectivity index (χ0v) is 17.4. The predicted octanol–water partition coefficient (Wildman–Crippen LogP) is 4.75. The minimum absolute atomic E-state index is 0.00710. The van der Waals surface area contributed by atoms with E-state index in [9.17, 15) is 9.59 Å². The summed E-state index contributed by atoms with van der Waals surface area (Å²) >= 11 is 1.39. The standard InChI is InChI=1S/C20H28N4O2S/c1-6-13(7-2)17(25)21-15-10-8-14(9-11-15)18(26)22-19-24-23-16(27-19)12-20(3,4)5/h8-11,13H,6-7,12H2,1-5H3,(H,21,25)(H,22,24,26). The van der Waals surface area contributed by atoms with Crippen molar-refractivity contribution in [2.45, 2.75) is 53.9 Å². The van der Waals surface area contributed by atoms with Crippen molar-refractivity contribution >= 4 is 34.0 Å². The highest BCUT2D eigenvalue weighted by atomic mass is 32.1. The van der Waals surface area contributed by atoms with E-state index in [0.717, 1.165) is 24.3 Å². The van der Waals surface area contributed by atoms with Gasteiger partial charge in [-0.05, 0) is 42.5 Å². The molecule has 0 atom stereocenters. The summed E-state index contributed by atoms with van der Waals surface area (Å²) in [6, 6.07) is 6.85. The van der Waals surface area contributed by atoms with Gasteiger partial charge < -0.3 is 5.32 Å². The molecule has 0 saturated carbocycles. The molecule has 1 heterocycles. The number of nitrogens with one attached hydrogen (secondary N) is 2. The molecule has 27 heavy (non-hydrogen) atoms. The minimum atomic E-state index is -0.244. The molecule has 6 nitrogen and oxygen atoms in total. The Labute approximate surface area is 164 Å². The first-order valence-electron chi connectivity index (χ1n) is 9.26. The fourth-order valence-electron chi connectivity index (χ4n) is 2.61. The lowest BCUT2D eigenvalue weighted by Gasteiger charge is -2.14. The number of hydrogen-bond donors (Lipinski definition) is 2. The van der Waals surface area contributed by atoms with Gasteiger partial charge in [0.15, 0.2) is 0 Å². The zero-order chi connectivity index (χ0) is 20.0. The summed E-state index contributed by atoms with van der Waals surface area (Å²) in [6.45, 7) is 10.4. The number of rotatable bonds is 7. The quantitative estimate of drug-likeness (QED) is 0.716. The van der Waals surface area contributed by atoms with Crippen LogP contribution in [0.3, 0.4) is 0 Å². The molecule has 1 aromatic carbocycles. The maximum absolute atomic E-state index is 12.4. The van der Waals surface area contributed by atoms with E-state index in [1.54, 1.807) is 24.3 Å². The molecule has 2 amide bonds. The van der Waals surface area contributed by atoms with E-state index in [2.05, 4.69) is 41.6 Å². The summed E-state index contributed by atoms with van der Waals surface area (Å²) in [7, 11) is 0. The zero-order valence-electron chi connectivity index (χ0n) is 16.6. The second kappa shape index (κ2) is 9.08. The van der Waals surface area contributed by atoms with Gasteiger partial charge in [-0.1, -0.05) is 46.0 Å².